The van der Waals surface area contributed by atoms with Crippen molar-refractivity contribution in [3.05, 3.63) is 63.6 Å². The molecule has 2 aromatic carbocycles. The Balaban J connectivity index is 2.54. The van der Waals surface area contributed by atoms with Gasteiger partial charge in [0.05, 0.1) is 11.3 Å². The van der Waals surface area contributed by atoms with E-state index >= 15 is 0 Å². The maximum Gasteiger partial charge on any atom is 0.417 e. The fraction of sp³-hybridized carbons (Fsp3) is 0.278. The topological polar surface area (TPSA) is 21.6 Å². The van der Waals surface area contributed by atoms with Gasteiger partial charge in [-0.3, -0.25) is 0 Å². The zero-order valence-electron chi connectivity index (χ0n) is 13.8. The van der Waals surface area contributed by atoms with Crippen molar-refractivity contribution in [3.63, 3.8) is 0 Å². The van der Waals surface area contributed by atoms with Crippen molar-refractivity contribution in [2.45, 2.75) is 26.9 Å². The highest BCUT2D eigenvalue weighted by molar-refractivity contribution is 6.31. The molecular weight excluding hydrogens is 374 g/mol. The highest BCUT2D eigenvalue weighted by atomic mass is 35.5. The van der Waals surface area contributed by atoms with E-state index in [-0.39, 0.29) is 16.3 Å². The number of alkyl halides is 3. The average Bonchev–Trinajstić information content (AvgIpc) is 2.47. The minimum absolute atomic E-state index is 0.110. The zero-order chi connectivity index (χ0) is 18.8. The summed E-state index contributed by atoms with van der Waals surface area (Å²) in [6.07, 6.45) is -4.54. The second-order valence-electron chi connectivity index (χ2n) is 6.42. The molecule has 134 valence electrons. The second kappa shape index (κ2) is 7.26. The number of halogens is 5. The molecule has 0 saturated carbocycles. The van der Waals surface area contributed by atoms with Gasteiger partial charge in [-0.2, -0.15) is 13.2 Å². The Kier molecular flexibility index (Phi) is 5.69. The van der Waals surface area contributed by atoms with Crippen LogP contribution in [0.4, 0.5) is 13.2 Å². The third kappa shape index (κ3) is 5.13. The van der Waals surface area contributed by atoms with E-state index < -0.39 is 17.2 Å². The lowest BCUT2D eigenvalue weighted by Gasteiger charge is -2.24. The van der Waals surface area contributed by atoms with Crippen LogP contribution in [0.2, 0.25) is 10.0 Å². The van der Waals surface area contributed by atoms with Crippen LogP contribution in [0.15, 0.2) is 47.6 Å². The summed E-state index contributed by atoms with van der Waals surface area (Å²) in [4.78, 5) is 5.33. The maximum atomic E-state index is 13.4. The van der Waals surface area contributed by atoms with Crippen molar-refractivity contribution >= 4 is 28.9 Å². The number of hydrogen-bond acceptors (Lipinski definition) is 2. The first kappa shape index (κ1) is 19.6. The molecular formula is C18H16Cl2F3NO. The van der Waals surface area contributed by atoms with Crippen LogP contribution in [0.5, 0.6) is 5.75 Å². The van der Waals surface area contributed by atoms with Crippen LogP contribution in [0.1, 0.15) is 31.9 Å². The monoisotopic (exact) mass is 389 g/mol. The first-order valence-electron chi connectivity index (χ1n) is 7.36. The van der Waals surface area contributed by atoms with Crippen LogP contribution in [0.3, 0.4) is 0 Å². The summed E-state index contributed by atoms with van der Waals surface area (Å²) < 4.78 is 40.1. The van der Waals surface area contributed by atoms with Gasteiger partial charge in [0.2, 0.25) is 0 Å². The molecule has 2 nitrogen and oxygen atoms in total. The lowest BCUT2D eigenvalue weighted by Crippen LogP contribution is -2.26. The minimum atomic E-state index is -4.54. The van der Waals surface area contributed by atoms with Gasteiger partial charge in [0.1, 0.15) is 0 Å². The third-order valence-electron chi connectivity index (χ3n) is 3.31. The quantitative estimate of drug-likeness (QED) is 0.415. The van der Waals surface area contributed by atoms with Gasteiger partial charge in [-0.15, -0.1) is 0 Å². The van der Waals surface area contributed by atoms with Crippen LogP contribution < -0.4 is 4.84 Å². The Morgan fingerprint density at radius 1 is 0.920 bits per heavy atom. The highest BCUT2D eigenvalue weighted by Crippen LogP contribution is 2.36. The smallest absolute Gasteiger partial charge is 0.357 e. The lowest BCUT2D eigenvalue weighted by atomic mass is 9.83. The first-order valence-corrected chi connectivity index (χ1v) is 8.12. The molecule has 0 radical (unpaired) electrons. The molecule has 2 rings (SSSR count). The van der Waals surface area contributed by atoms with Gasteiger partial charge in [-0.1, -0.05) is 49.1 Å². The number of rotatable bonds is 3. The van der Waals surface area contributed by atoms with E-state index in [1.54, 1.807) is 45.0 Å². The number of nitrogens with zero attached hydrogens (tertiary/aromatic N) is 1. The van der Waals surface area contributed by atoms with Crippen molar-refractivity contribution in [2.24, 2.45) is 10.6 Å². The summed E-state index contributed by atoms with van der Waals surface area (Å²) in [6, 6.07) is 9.76. The van der Waals surface area contributed by atoms with E-state index in [9.17, 15) is 13.2 Å². The third-order valence-corrected chi connectivity index (χ3v) is 3.80. The van der Waals surface area contributed by atoms with Crippen molar-refractivity contribution in [1.29, 1.82) is 0 Å². The summed E-state index contributed by atoms with van der Waals surface area (Å²) in [5, 5.41) is 4.70. The van der Waals surface area contributed by atoms with Crippen molar-refractivity contribution < 1.29 is 18.0 Å². The molecule has 0 aliphatic rings. The second-order valence-corrected chi connectivity index (χ2v) is 7.30. The number of oxime groups is 1. The van der Waals surface area contributed by atoms with Gasteiger partial charge < -0.3 is 4.84 Å². The van der Waals surface area contributed by atoms with E-state index in [4.69, 9.17) is 28.0 Å². The van der Waals surface area contributed by atoms with Gasteiger partial charge in [-0.25, -0.2) is 0 Å². The summed E-state index contributed by atoms with van der Waals surface area (Å²) in [6.45, 7) is 5.24. The Bertz CT molecular complexity index is 778. The first-order chi connectivity index (χ1) is 11.5. The number of hydrogen-bond donors (Lipinski definition) is 0. The Morgan fingerprint density at radius 2 is 1.48 bits per heavy atom. The van der Waals surface area contributed by atoms with E-state index in [0.717, 1.165) is 6.07 Å². The molecule has 2 aromatic rings. The van der Waals surface area contributed by atoms with Crippen LogP contribution >= 0.6 is 23.2 Å². The summed E-state index contributed by atoms with van der Waals surface area (Å²) in [5.41, 5.74) is -1.50. The van der Waals surface area contributed by atoms with Crippen molar-refractivity contribution in [3.8, 4) is 5.75 Å². The Labute approximate surface area is 154 Å². The molecule has 7 heteroatoms. The Hall–Kier alpha value is -1.72. The van der Waals surface area contributed by atoms with Crippen LogP contribution in [-0.2, 0) is 6.18 Å². The number of benzene rings is 2. The predicted octanol–water partition coefficient (Wildman–Crippen LogP) is 6.84. The summed E-state index contributed by atoms with van der Waals surface area (Å²) in [7, 11) is 0. The summed E-state index contributed by atoms with van der Waals surface area (Å²) in [5.74, 6) is 0.363. The molecule has 0 amide bonds. The van der Waals surface area contributed by atoms with Gasteiger partial charge in [0.15, 0.2) is 5.75 Å². The summed E-state index contributed by atoms with van der Waals surface area (Å²) >= 11 is 11.7. The largest absolute Gasteiger partial charge is 0.417 e. The minimum Gasteiger partial charge on any atom is -0.357 e. The van der Waals surface area contributed by atoms with E-state index in [1.807, 2.05) is 0 Å². The lowest BCUT2D eigenvalue weighted by molar-refractivity contribution is -0.137. The Morgan fingerprint density at radius 3 is 2.00 bits per heavy atom. The molecule has 0 heterocycles. The molecule has 0 atom stereocenters. The fourth-order valence-electron chi connectivity index (χ4n) is 2.14. The molecule has 0 aliphatic heterocycles. The van der Waals surface area contributed by atoms with Gasteiger partial charge in [-0.05, 0) is 42.5 Å². The van der Waals surface area contributed by atoms with E-state index in [1.165, 1.54) is 12.1 Å². The standard InChI is InChI=1S/C18H16Cl2F3NO/c1-17(2,3)16(24-25-13-7-4-11(19)5-8-13)14-10-12(20)6-9-15(14)18(21,22)23/h4-10H,1-3H3. The molecule has 25 heavy (non-hydrogen) atoms. The fourth-order valence-corrected chi connectivity index (χ4v) is 2.44. The van der Waals surface area contributed by atoms with Gasteiger partial charge in [0, 0.05) is 21.0 Å². The average molecular weight is 390 g/mol. The van der Waals surface area contributed by atoms with Crippen LogP contribution in [0.25, 0.3) is 0 Å². The van der Waals surface area contributed by atoms with E-state index in [2.05, 4.69) is 5.16 Å². The highest BCUT2D eigenvalue weighted by Gasteiger charge is 2.37. The molecule has 0 aromatic heterocycles. The normalized spacial score (nSPS) is 13.0. The van der Waals surface area contributed by atoms with Gasteiger partial charge in [0.25, 0.3) is 0 Å². The molecule has 0 aliphatic carbocycles. The molecule has 0 bridgehead atoms. The molecule has 0 fully saturated rings. The van der Waals surface area contributed by atoms with Crippen LogP contribution in [-0.4, -0.2) is 5.71 Å². The van der Waals surface area contributed by atoms with E-state index in [0.29, 0.717) is 10.8 Å². The molecule has 0 spiro atoms. The molecule has 0 saturated heterocycles. The zero-order valence-corrected chi connectivity index (χ0v) is 15.3. The maximum absolute atomic E-state index is 13.4. The van der Waals surface area contributed by atoms with Crippen molar-refractivity contribution in [1.82, 2.24) is 0 Å². The SMILES string of the molecule is CC(C)(C)C(=NOc1ccc(Cl)cc1)c1cc(Cl)ccc1C(F)(F)F. The predicted molar refractivity (Wildman–Crippen MR) is 94.5 cm³/mol. The van der Waals surface area contributed by atoms with Gasteiger partial charge >= 0.3 is 6.18 Å². The molecule has 0 unspecified atom stereocenters. The van der Waals surface area contributed by atoms with Crippen molar-refractivity contribution in [2.75, 3.05) is 0 Å². The molecule has 0 N–H and O–H groups in total. The van der Waals surface area contributed by atoms with Crippen LogP contribution in [0, 0.1) is 5.41 Å².